The number of oxazole rings is 1. The van der Waals surface area contributed by atoms with Crippen LogP contribution in [-0.2, 0) is 19.6 Å². The summed E-state index contributed by atoms with van der Waals surface area (Å²) in [5.41, 5.74) is 0.585. The van der Waals surface area contributed by atoms with E-state index in [1.807, 2.05) is 6.07 Å². The minimum absolute atomic E-state index is 0.00486. The highest BCUT2D eigenvalue weighted by Crippen LogP contribution is 2.29. The molecule has 45 heavy (non-hydrogen) atoms. The third kappa shape index (κ3) is 6.01. The zero-order valence-electron chi connectivity index (χ0n) is 23.5. The lowest BCUT2D eigenvalue weighted by atomic mass is 10.0. The number of hydrogen-bond donors (Lipinski definition) is 0. The van der Waals surface area contributed by atoms with Crippen LogP contribution < -0.4 is 4.74 Å². The highest BCUT2D eigenvalue weighted by Gasteiger charge is 2.21. The highest BCUT2D eigenvalue weighted by molar-refractivity contribution is 5.97. The first kappa shape index (κ1) is 29.3. The van der Waals surface area contributed by atoms with Gasteiger partial charge in [0.1, 0.15) is 48.2 Å². The molecule has 3 aromatic carbocycles. The van der Waals surface area contributed by atoms with Crippen LogP contribution in [0.5, 0.6) is 5.88 Å². The number of nitrogens with zero attached hydrogens (tertiary/aromatic N) is 5. The molecule has 8 nitrogen and oxygen atoms in total. The molecule has 224 valence electrons. The van der Waals surface area contributed by atoms with Crippen molar-refractivity contribution in [2.75, 3.05) is 0 Å². The number of ketones is 1. The van der Waals surface area contributed by atoms with E-state index in [1.165, 1.54) is 55.8 Å². The molecular formula is C33H21F4N5O3. The summed E-state index contributed by atoms with van der Waals surface area (Å²) in [5, 5.41) is 8.91. The Labute approximate surface area is 253 Å². The summed E-state index contributed by atoms with van der Waals surface area (Å²) in [6, 6.07) is 14.9. The van der Waals surface area contributed by atoms with Crippen molar-refractivity contribution in [2.45, 2.75) is 26.5 Å². The molecule has 0 spiro atoms. The van der Waals surface area contributed by atoms with Gasteiger partial charge in [-0.2, -0.15) is 5.26 Å². The van der Waals surface area contributed by atoms with E-state index in [9.17, 15) is 13.6 Å². The van der Waals surface area contributed by atoms with Crippen molar-refractivity contribution in [1.82, 2.24) is 19.5 Å². The van der Waals surface area contributed by atoms with E-state index in [0.29, 0.717) is 0 Å². The van der Waals surface area contributed by atoms with Crippen LogP contribution in [0.25, 0.3) is 22.3 Å². The van der Waals surface area contributed by atoms with Gasteiger partial charge >= 0.3 is 0 Å². The van der Waals surface area contributed by atoms with Crippen molar-refractivity contribution in [1.29, 1.82) is 5.26 Å². The SMILES string of the molecule is CC(=O)c1cc(F)c2nc(Cc3cc(F)c(-c4cccc(OCc5ccc(C#N)cc5F)n4)cc3F)n(Cc3ncco3)c2c1. The zero-order chi connectivity index (χ0) is 31.7. The van der Waals surface area contributed by atoms with Crippen LogP contribution in [0.1, 0.15) is 45.7 Å². The Bertz CT molecular complexity index is 2120. The summed E-state index contributed by atoms with van der Waals surface area (Å²) >= 11 is 0. The Morgan fingerprint density at radius 2 is 1.78 bits per heavy atom. The second kappa shape index (κ2) is 12.0. The predicted molar refractivity (Wildman–Crippen MR) is 153 cm³/mol. The van der Waals surface area contributed by atoms with Gasteiger partial charge in [-0.1, -0.05) is 12.1 Å². The van der Waals surface area contributed by atoms with Crippen molar-refractivity contribution in [2.24, 2.45) is 0 Å². The zero-order valence-corrected chi connectivity index (χ0v) is 23.5. The number of fused-ring (bicyclic) bond motifs is 1. The Morgan fingerprint density at radius 3 is 2.51 bits per heavy atom. The van der Waals surface area contributed by atoms with Gasteiger partial charge in [0.05, 0.1) is 29.0 Å². The first-order chi connectivity index (χ1) is 21.7. The average molecular weight is 612 g/mol. The van der Waals surface area contributed by atoms with Crippen molar-refractivity contribution in [3.05, 3.63) is 130 Å². The van der Waals surface area contributed by atoms with Crippen LogP contribution in [0.4, 0.5) is 17.6 Å². The minimum atomic E-state index is -0.783. The van der Waals surface area contributed by atoms with Gasteiger partial charge in [0.15, 0.2) is 11.6 Å². The van der Waals surface area contributed by atoms with Crippen LogP contribution in [0.3, 0.4) is 0 Å². The number of aromatic nitrogens is 4. The summed E-state index contributed by atoms with van der Waals surface area (Å²) in [4.78, 5) is 24.7. The number of ether oxygens (including phenoxy) is 1. The molecule has 0 aliphatic carbocycles. The predicted octanol–water partition coefficient (Wildman–Crippen LogP) is 6.94. The van der Waals surface area contributed by atoms with E-state index >= 15 is 8.78 Å². The van der Waals surface area contributed by atoms with Crippen LogP contribution in [0.15, 0.2) is 77.5 Å². The summed E-state index contributed by atoms with van der Waals surface area (Å²) in [7, 11) is 0. The number of carbonyl (C=O) groups excluding carboxylic acids is 1. The molecule has 0 unspecified atom stereocenters. The molecule has 12 heteroatoms. The van der Waals surface area contributed by atoms with E-state index in [4.69, 9.17) is 14.4 Å². The lowest BCUT2D eigenvalue weighted by Crippen LogP contribution is -2.08. The van der Waals surface area contributed by atoms with E-state index < -0.39 is 23.3 Å². The number of Topliss-reactive ketones (excluding diaryl/α,β-unsaturated/α-hetero) is 1. The number of pyridine rings is 1. The van der Waals surface area contributed by atoms with Crippen LogP contribution >= 0.6 is 0 Å². The lowest BCUT2D eigenvalue weighted by molar-refractivity contribution is 0.101. The summed E-state index contributed by atoms with van der Waals surface area (Å²) < 4.78 is 72.7. The number of imidazole rings is 1. The monoisotopic (exact) mass is 611 g/mol. The van der Waals surface area contributed by atoms with Crippen molar-refractivity contribution < 1.29 is 31.5 Å². The smallest absolute Gasteiger partial charge is 0.214 e. The minimum Gasteiger partial charge on any atom is -0.473 e. The summed E-state index contributed by atoms with van der Waals surface area (Å²) in [6.45, 7) is 1.11. The van der Waals surface area contributed by atoms with Gasteiger partial charge in [-0.3, -0.25) is 4.79 Å². The normalized spacial score (nSPS) is 11.1. The van der Waals surface area contributed by atoms with Crippen LogP contribution in [-0.4, -0.2) is 25.3 Å². The van der Waals surface area contributed by atoms with Crippen LogP contribution in [0, 0.1) is 34.6 Å². The molecule has 0 saturated carbocycles. The lowest BCUT2D eigenvalue weighted by Gasteiger charge is -2.11. The summed E-state index contributed by atoms with van der Waals surface area (Å²) in [5.74, 6) is -2.75. The first-order valence-corrected chi connectivity index (χ1v) is 13.5. The largest absolute Gasteiger partial charge is 0.473 e. The van der Waals surface area contributed by atoms with Gasteiger partial charge < -0.3 is 13.7 Å². The fourth-order valence-electron chi connectivity index (χ4n) is 4.83. The van der Waals surface area contributed by atoms with Crippen molar-refractivity contribution in [3.8, 4) is 23.2 Å². The molecule has 6 rings (SSSR count). The molecule has 0 fully saturated rings. The van der Waals surface area contributed by atoms with Crippen molar-refractivity contribution >= 4 is 16.8 Å². The third-order valence-corrected chi connectivity index (χ3v) is 7.11. The molecule has 0 bridgehead atoms. The molecule has 6 aromatic rings. The Balaban J connectivity index is 1.30. The standard InChI is InChI=1S/C33H21F4N5O3/c1-18(43)21-10-27(37)33-29(12-21)42(16-32-39-7-8-44-32)30(41-33)13-22-11-26(36)23(14-25(22)35)28-3-2-4-31(40-28)45-17-20-6-5-19(15-38)9-24(20)34/h2-12,14H,13,16-17H2,1H3. The number of hydrogen-bond acceptors (Lipinski definition) is 7. The maximum Gasteiger partial charge on any atom is 0.214 e. The topological polar surface area (TPSA) is 107 Å². The number of nitriles is 1. The fourth-order valence-corrected chi connectivity index (χ4v) is 4.83. The van der Waals surface area contributed by atoms with E-state index in [1.54, 1.807) is 4.57 Å². The average Bonchev–Trinajstić information content (AvgIpc) is 3.67. The third-order valence-electron chi connectivity index (χ3n) is 7.11. The van der Waals surface area contributed by atoms with Gasteiger partial charge in [-0.05, 0) is 55.0 Å². The van der Waals surface area contributed by atoms with E-state index in [0.717, 1.165) is 24.3 Å². The number of halogens is 4. The second-order valence-corrected chi connectivity index (χ2v) is 10.1. The molecule has 0 amide bonds. The Morgan fingerprint density at radius 1 is 0.956 bits per heavy atom. The van der Waals surface area contributed by atoms with Gasteiger partial charge in [0.2, 0.25) is 11.8 Å². The number of benzene rings is 3. The molecule has 3 heterocycles. The maximum absolute atomic E-state index is 15.5. The molecule has 3 aromatic heterocycles. The van der Waals surface area contributed by atoms with E-state index in [-0.39, 0.29) is 87.5 Å². The molecule has 0 aliphatic heterocycles. The summed E-state index contributed by atoms with van der Waals surface area (Å²) in [6.07, 6.45) is 2.58. The van der Waals surface area contributed by atoms with Crippen molar-refractivity contribution in [3.63, 3.8) is 0 Å². The first-order valence-electron chi connectivity index (χ1n) is 13.5. The molecule has 0 atom stereocenters. The quantitative estimate of drug-likeness (QED) is 0.129. The molecule has 0 radical (unpaired) electrons. The molecular weight excluding hydrogens is 590 g/mol. The fraction of sp³-hybridized carbons (Fsp3) is 0.121. The maximum atomic E-state index is 15.5. The van der Waals surface area contributed by atoms with Gasteiger partial charge in [0, 0.05) is 29.2 Å². The highest BCUT2D eigenvalue weighted by atomic mass is 19.1. The van der Waals surface area contributed by atoms with E-state index in [2.05, 4.69) is 15.0 Å². The second-order valence-electron chi connectivity index (χ2n) is 10.1. The Hall–Kier alpha value is -5.83. The molecule has 0 N–H and O–H groups in total. The van der Waals surface area contributed by atoms with Gasteiger partial charge in [0.25, 0.3) is 0 Å². The molecule has 0 saturated heterocycles. The number of carbonyl (C=O) groups is 1. The Kier molecular flexibility index (Phi) is 7.83. The van der Waals surface area contributed by atoms with Gasteiger partial charge in [-0.15, -0.1) is 0 Å². The van der Waals surface area contributed by atoms with Crippen LogP contribution in [0.2, 0.25) is 0 Å². The van der Waals surface area contributed by atoms with Gasteiger partial charge in [-0.25, -0.2) is 32.5 Å². The molecule has 0 aliphatic rings. The number of rotatable bonds is 9.